The Labute approximate surface area is 232 Å². The molecule has 0 radical (unpaired) electrons. The van der Waals surface area contributed by atoms with Gasteiger partial charge >= 0.3 is 11.9 Å². The van der Waals surface area contributed by atoms with E-state index < -0.39 is 11.9 Å². The number of carbonyl (C=O) groups excluding carboxylic acids is 2. The standard InChI is InChI=1S/C32H40O7/c1-23(2)20-35-13-7-15-37-31(33)28-17-27(26-9-11-30(12-10-26)39-22-25(5)6)18-29(19-28)32(34)38-16-8-14-36-21-24(3)4/h9-12,17-22H,7-8,13-16H2,1-6H3. The summed E-state index contributed by atoms with van der Waals surface area (Å²) in [5, 5.41) is 0. The lowest BCUT2D eigenvalue weighted by molar-refractivity contribution is 0.0477. The number of benzene rings is 2. The summed E-state index contributed by atoms with van der Waals surface area (Å²) in [6.45, 7) is 12.9. The SMILES string of the molecule is CC(C)=COCCCOC(=O)c1cc(C(=O)OCCCOC=C(C)C)cc(-c2ccc(OC=C(C)C)cc2)c1. The van der Waals surface area contributed by atoms with Crippen molar-refractivity contribution < 1.29 is 33.3 Å². The maximum absolute atomic E-state index is 12.9. The molecule has 0 fully saturated rings. The fourth-order valence-corrected chi connectivity index (χ4v) is 3.17. The summed E-state index contributed by atoms with van der Waals surface area (Å²) >= 11 is 0. The second-order valence-corrected chi connectivity index (χ2v) is 9.75. The van der Waals surface area contributed by atoms with Crippen LogP contribution >= 0.6 is 0 Å². The fraction of sp³-hybridized carbons (Fsp3) is 0.375. The van der Waals surface area contributed by atoms with Crippen LogP contribution in [0, 0.1) is 0 Å². The van der Waals surface area contributed by atoms with Gasteiger partial charge in [0.15, 0.2) is 0 Å². The number of allylic oxidation sites excluding steroid dienone is 3. The van der Waals surface area contributed by atoms with E-state index in [4.69, 9.17) is 23.7 Å². The van der Waals surface area contributed by atoms with Gasteiger partial charge in [0.2, 0.25) is 0 Å². The number of carbonyl (C=O) groups is 2. The van der Waals surface area contributed by atoms with Gasteiger partial charge in [0.05, 0.1) is 56.3 Å². The maximum atomic E-state index is 12.9. The predicted molar refractivity (Wildman–Crippen MR) is 153 cm³/mol. The number of hydrogen-bond acceptors (Lipinski definition) is 7. The van der Waals surface area contributed by atoms with E-state index >= 15 is 0 Å². The van der Waals surface area contributed by atoms with Crippen molar-refractivity contribution >= 4 is 11.9 Å². The van der Waals surface area contributed by atoms with Crippen molar-refractivity contribution in [1.29, 1.82) is 0 Å². The highest BCUT2D eigenvalue weighted by atomic mass is 16.5. The molecular formula is C32H40O7. The van der Waals surface area contributed by atoms with Crippen molar-refractivity contribution in [3.8, 4) is 16.9 Å². The summed E-state index contributed by atoms with van der Waals surface area (Å²) in [6, 6.07) is 12.3. The van der Waals surface area contributed by atoms with Crippen LogP contribution in [0.5, 0.6) is 5.75 Å². The van der Waals surface area contributed by atoms with Gasteiger partial charge in [0.25, 0.3) is 0 Å². The average molecular weight is 537 g/mol. The Morgan fingerprint density at radius 2 is 1.05 bits per heavy atom. The van der Waals surface area contributed by atoms with E-state index in [-0.39, 0.29) is 24.3 Å². The van der Waals surface area contributed by atoms with Crippen molar-refractivity contribution in [2.45, 2.75) is 54.4 Å². The molecule has 0 bridgehead atoms. The fourth-order valence-electron chi connectivity index (χ4n) is 3.17. The molecule has 39 heavy (non-hydrogen) atoms. The summed E-state index contributed by atoms with van der Waals surface area (Å²) < 4.78 is 27.3. The zero-order chi connectivity index (χ0) is 28.6. The van der Waals surface area contributed by atoms with Crippen molar-refractivity contribution in [2.75, 3.05) is 26.4 Å². The van der Waals surface area contributed by atoms with Gasteiger partial charge in [-0.1, -0.05) is 12.1 Å². The zero-order valence-electron chi connectivity index (χ0n) is 23.9. The molecule has 0 aliphatic heterocycles. The Hall–Kier alpha value is -4.00. The van der Waals surface area contributed by atoms with Crippen molar-refractivity contribution in [1.82, 2.24) is 0 Å². The summed E-state index contributed by atoms with van der Waals surface area (Å²) in [4.78, 5) is 25.7. The second-order valence-electron chi connectivity index (χ2n) is 9.75. The van der Waals surface area contributed by atoms with Gasteiger partial charge in [-0.15, -0.1) is 0 Å². The molecule has 0 amide bonds. The van der Waals surface area contributed by atoms with Gasteiger partial charge in [0, 0.05) is 12.8 Å². The lowest BCUT2D eigenvalue weighted by Gasteiger charge is -2.11. The van der Waals surface area contributed by atoms with Crippen LogP contribution in [0.15, 0.2) is 78.0 Å². The predicted octanol–water partition coefficient (Wildman–Crippen LogP) is 7.63. The van der Waals surface area contributed by atoms with Gasteiger partial charge in [-0.05, 0) is 99.7 Å². The molecule has 0 unspecified atom stereocenters. The minimum atomic E-state index is -0.522. The van der Waals surface area contributed by atoms with Crippen LogP contribution in [-0.2, 0) is 18.9 Å². The molecule has 0 saturated carbocycles. The van der Waals surface area contributed by atoms with Gasteiger partial charge in [-0.25, -0.2) is 9.59 Å². The molecule has 0 atom stereocenters. The minimum Gasteiger partial charge on any atom is -0.501 e. The molecule has 2 aromatic carbocycles. The first-order valence-electron chi connectivity index (χ1n) is 13.1. The Kier molecular flexibility index (Phi) is 13.4. The third kappa shape index (κ3) is 12.4. The summed E-state index contributed by atoms with van der Waals surface area (Å²) in [7, 11) is 0. The molecule has 0 spiro atoms. The Balaban J connectivity index is 2.16. The van der Waals surface area contributed by atoms with Crippen molar-refractivity contribution in [2.24, 2.45) is 0 Å². The van der Waals surface area contributed by atoms with Gasteiger partial charge < -0.3 is 23.7 Å². The van der Waals surface area contributed by atoms with Crippen LogP contribution in [-0.4, -0.2) is 38.4 Å². The molecule has 210 valence electrons. The Bertz CT molecular complexity index is 1100. The smallest absolute Gasteiger partial charge is 0.338 e. The number of ether oxygens (including phenoxy) is 5. The average Bonchev–Trinajstić information content (AvgIpc) is 2.90. The molecule has 0 aromatic heterocycles. The highest BCUT2D eigenvalue weighted by Crippen LogP contribution is 2.26. The zero-order valence-corrected chi connectivity index (χ0v) is 23.9. The molecule has 2 aromatic rings. The summed E-state index contributed by atoms with van der Waals surface area (Å²) in [5.74, 6) is -0.362. The molecule has 7 heteroatoms. The lowest BCUT2D eigenvalue weighted by atomic mass is 9.99. The maximum Gasteiger partial charge on any atom is 0.338 e. The van der Waals surface area contributed by atoms with E-state index in [1.54, 1.807) is 30.9 Å². The van der Waals surface area contributed by atoms with Crippen molar-refractivity contribution in [3.63, 3.8) is 0 Å². The van der Waals surface area contributed by atoms with E-state index in [0.717, 1.165) is 22.3 Å². The van der Waals surface area contributed by atoms with Gasteiger partial charge in [0.1, 0.15) is 5.75 Å². The largest absolute Gasteiger partial charge is 0.501 e. The van der Waals surface area contributed by atoms with E-state index in [9.17, 15) is 9.59 Å². The number of rotatable bonds is 15. The topological polar surface area (TPSA) is 80.3 Å². The minimum absolute atomic E-state index is 0.196. The molecular weight excluding hydrogens is 496 g/mol. The number of esters is 2. The normalized spacial score (nSPS) is 10.1. The first-order valence-corrected chi connectivity index (χ1v) is 13.1. The van der Waals surface area contributed by atoms with E-state index in [1.165, 1.54) is 6.07 Å². The van der Waals surface area contributed by atoms with Gasteiger partial charge in [-0.3, -0.25) is 0 Å². The van der Waals surface area contributed by atoms with Crippen LogP contribution in [0.2, 0.25) is 0 Å². The highest BCUT2D eigenvalue weighted by Gasteiger charge is 2.16. The third-order valence-corrected chi connectivity index (χ3v) is 4.94. The molecule has 7 nitrogen and oxygen atoms in total. The van der Waals surface area contributed by atoms with Crippen LogP contribution in [0.1, 0.15) is 75.1 Å². The molecule has 0 heterocycles. The molecule has 2 rings (SSSR count). The van der Waals surface area contributed by atoms with Gasteiger partial charge in [-0.2, -0.15) is 0 Å². The summed E-state index contributed by atoms with van der Waals surface area (Å²) in [6.07, 6.45) is 6.12. The summed E-state index contributed by atoms with van der Waals surface area (Å²) in [5.41, 5.74) is 5.18. The first-order chi connectivity index (χ1) is 18.7. The van der Waals surface area contributed by atoms with E-state index in [0.29, 0.717) is 37.4 Å². The lowest BCUT2D eigenvalue weighted by Crippen LogP contribution is -2.12. The highest BCUT2D eigenvalue weighted by molar-refractivity contribution is 5.97. The Morgan fingerprint density at radius 3 is 1.49 bits per heavy atom. The van der Waals surface area contributed by atoms with Crippen molar-refractivity contribution in [3.05, 3.63) is 89.1 Å². The quantitative estimate of drug-likeness (QED) is 0.131. The first kappa shape index (κ1) is 31.2. The monoisotopic (exact) mass is 536 g/mol. The molecule has 0 saturated heterocycles. The Morgan fingerprint density at radius 1 is 0.590 bits per heavy atom. The number of hydrogen-bond donors (Lipinski definition) is 0. The van der Waals surface area contributed by atoms with Crippen LogP contribution in [0.25, 0.3) is 11.1 Å². The molecule has 0 aliphatic rings. The van der Waals surface area contributed by atoms with Crippen LogP contribution in [0.3, 0.4) is 0 Å². The van der Waals surface area contributed by atoms with Crippen LogP contribution < -0.4 is 4.74 Å². The van der Waals surface area contributed by atoms with E-state index in [2.05, 4.69) is 0 Å². The second kappa shape index (κ2) is 16.8. The molecule has 0 N–H and O–H groups in total. The van der Waals surface area contributed by atoms with Crippen LogP contribution in [0.4, 0.5) is 0 Å². The third-order valence-electron chi connectivity index (χ3n) is 4.94. The molecule has 0 aliphatic carbocycles. The van der Waals surface area contributed by atoms with E-state index in [1.807, 2.05) is 65.8 Å².